The summed E-state index contributed by atoms with van der Waals surface area (Å²) < 4.78 is 60.5. The largest absolute Gasteiger partial charge is 0.340 e. The minimum Gasteiger partial charge on any atom is -0.194 e. The molecular weight excluding hydrogens is 436 g/mol. The number of hydrogen-bond acceptors (Lipinski definition) is 0. The molecular formula is C30H28F4. The van der Waals surface area contributed by atoms with E-state index in [4.69, 9.17) is 0 Å². The first-order chi connectivity index (χ1) is 16.3. The molecule has 0 amide bonds. The molecule has 1 aliphatic rings. The van der Waals surface area contributed by atoms with E-state index >= 15 is 17.6 Å². The Balaban J connectivity index is 1.64. The van der Waals surface area contributed by atoms with Gasteiger partial charge in [-0.3, -0.25) is 0 Å². The van der Waals surface area contributed by atoms with Crippen LogP contribution >= 0.6 is 0 Å². The Morgan fingerprint density at radius 1 is 0.471 bits per heavy atom. The van der Waals surface area contributed by atoms with Crippen LogP contribution in [0.15, 0.2) is 84.9 Å². The van der Waals surface area contributed by atoms with Crippen LogP contribution in [-0.2, 0) is 12.8 Å². The summed E-state index contributed by atoms with van der Waals surface area (Å²) in [6, 6.07) is 20.9. The summed E-state index contributed by atoms with van der Waals surface area (Å²) in [5, 5.41) is 0. The lowest BCUT2D eigenvalue weighted by Gasteiger charge is -2.33. The van der Waals surface area contributed by atoms with Crippen molar-refractivity contribution in [2.75, 3.05) is 0 Å². The van der Waals surface area contributed by atoms with Gasteiger partial charge in [0.1, 0.15) is 0 Å². The van der Waals surface area contributed by atoms with Crippen molar-refractivity contribution in [1.29, 1.82) is 0 Å². The third-order valence-electron chi connectivity index (χ3n) is 6.31. The number of alkyl halides is 4. The molecule has 0 bridgehead atoms. The number of aryl methyl sites for hydroxylation is 2. The van der Waals surface area contributed by atoms with Crippen molar-refractivity contribution in [3.8, 4) is 11.1 Å². The highest BCUT2D eigenvalue weighted by molar-refractivity contribution is 5.86. The Kier molecular flexibility index (Phi) is 6.79. The molecule has 0 aliphatic heterocycles. The fourth-order valence-electron chi connectivity index (χ4n) is 4.40. The van der Waals surface area contributed by atoms with Gasteiger partial charge in [0, 0.05) is 11.1 Å². The highest BCUT2D eigenvalue weighted by atomic mass is 19.3. The highest BCUT2D eigenvalue weighted by Crippen LogP contribution is 2.53. The van der Waals surface area contributed by atoms with Crippen molar-refractivity contribution >= 4 is 11.1 Å². The Morgan fingerprint density at radius 2 is 0.765 bits per heavy atom. The number of allylic oxidation sites excluding steroid dienone is 4. The molecule has 3 aromatic carbocycles. The minimum absolute atomic E-state index is 0.0876. The molecule has 0 N–H and O–H groups in total. The fourth-order valence-corrected chi connectivity index (χ4v) is 4.40. The van der Waals surface area contributed by atoms with Gasteiger partial charge in [-0.05, 0) is 46.2 Å². The first-order valence-corrected chi connectivity index (χ1v) is 11.8. The van der Waals surface area contributed by atoms with Crippen LogP contribution < -0.4 is 0 Å². The lowest BCUT2D eigenvalue weighted by atomic mass is 9.83. The minimum atomic E-state index is -4.33. The predicted octanol–water partition coefficient (Wildman–Crippen LogP) is 9.01. The van der Waals surface area contributed by atoms with Crippen molar-refractivity contribution in [2.45, 2.75) is 51.4 Å². The average Bonchev–Trinajstić information content (AvgIpc) is 2.83. The molecule has 0 fully saturated rings. The first kappa shape index (κ1) is 24.0. The number of rotatable bonds is 7. The highest BCUT2D eigenvalue weighted by Gasteiger charge is 2.62. The van der Waals surface area contributed by atoms with Crippen molar-refractivity contribution in [3.05, 3.63) is 107 Å². The maximum absolute atomic E-state index is 15.1. The third kappa shape index (κ3) is 4.46. The summed E-state index contributed by atoms with van der Waals surface area (Å²) >= 11 is 0. The quantitative estimate of drug-likeness (QED) is 0.306. The summed E-state index contributed by atoms with van der Waals surface area (Å²) in [4.78, 5) is 0. The van der Waals surface area contributed by atoms with E-state index in [1.807, 2.05) is 31.2 Å². The van der Waals surface area contributed by atoms with E-state index in [0.717, 1.165) is 54.5 Å². The van der Waals surface area contributed by atoms with Gasteiger partial charge in [-0.2, -0.15) is 17.6 Å². The van der Waals surface area contributed by atoms with Crippen molar-refractivity contribution in [1.82, 2.24) is 0 Å². The third-order valence-corrected chi connectivity index (χ3v) is 6.31. The van der Waals surface area contributed by atoms with Crippen molar-refractivity contribution in [3.63, 3.8) is 0 Å². The molecule has 3 aromatic rings. The SMILES string of the molecule is CCCc1ccc(C2=CC=C(c3ccc(-c4ccc(CCC)cc4)cc3)C(F)(F)C2(F)F)cc1. The van der Waals surface area contributed by atoms with Crippen LogP contribution in [-0.4, -0.2) is 11.8 Å². The second-order valence-electron chi connectivity index (χ2n) is 8.78. The molecule has 0 spiro atoms. The van der Waals surface area contributed by atoms with Gasteiger partial charge >= 0.3 is 11.8 Å². The lowest BCUT2D eigenvalue weighted by Crippen LogP contribution is -2.44. The van der Waals surface area contributed by atoms with Crippen LogP contribution in [0.25, 0.3) is 22.3 Å². The van der Waals surface area contributed by atoms with Crippen LogP contribution in [0, 0.1) is 0 Å². The van der Waals surface area contributed by atoms with Gasteiger partial charge in [-0.1, -0.05) is 112 Å². The Labute approximate surface area is 198 Å². The van der Waals surface area contributed by atoms with E-state index < -0.39 is 23.0 Å². The topological polar surface area (TPSA) is 0 Å². The first-order valence-electron chi connectivity index (χ1n) is 11.8. The number of halogens is 4. The van der Waals surface area contributed by atoms with Crippen LogP contribution in [0.4, 0.5) is 17.6 Å². The summed E-state index contributed by atoms with van der Waals surface area (Å²) in [5.74, 6) is -8.65. The van der Waals surface area contributed by atoms with E-state index in [9.17, 15) is 0 Å². The summed E-state index contributed by atoms with van der Waals surface area (Å²) in [5.41, 5.74) is 2.90. The van der Waals surface area contributed by atoms with Gasteiger partial charge in [0.05, 0.1) is 0 Å². The van der Waals surface area contributed by atoms with E-state index in [0.29, 0.717) is 0 Å². The van der Waals surface area contributed by atoms with Gasteiger partial charge in [0.25, 0.3) is 0 Å². The molecule has 4 heteroatoms. The summed E-state index contributed by atoms with van der Waals surface area (Å²) in [6.45, 7) is 4.14. The molecule has 0 saturated heterocycles. The monoisotopic (exact) mass is 464 g/mol. The second-order valence-corrected chi connectivity index (χ2v) is 8.78. The van der Waals surface area contributed by atoms with Crippen LogP contribution in [0.5, 0.6) is 0 Å². The molecule has 34 heavy (non-hydrogen) atoms. The maximum atomic E-state index is 15.1. The molecule has 1 aliphatic carbocycles. The predicted molar refractivity (Wildman–Crippen MR) is 132 cm³/mol. The van der Waals surface area contributed by atoms with Crippen LogP contribution in [0.1, 0.15) is 48.9 Å². The van der Waals surface area contributed by atoms with E-state index in [1.165, 1.54) is 29.8 Å². The van der Waals surface area contributed by atoms with Crippen molar-refractivity contribution in [2.24, 2.45) is 0 Å². The molecule has 4 rings (SSSR count). The zero-order valence-corrected chi connectivity index (χ0v) is 19.4. The van der Waals surface area contributed by atoms with Gasteiger partial charge in [0.15, 0.2) is 0 Å². The number of hydrogen-bond donors (Lipinski definition) is 0. The zero-order valence-electron chi connectivity index (χ0n) is 19.4. The average molecular weight is 465 g/mol. The summed E-state index contributed by atoms with van der Waals surface area (Å²) in [7, 11) is 0. The van der Waals surface area contributed by atoms with Crippen LogP contribution in [0.2, 0.25) is 0 Å². The molecule has 0 radical (unpaired) electrons. The second kappa shape index (κ2) is 9.61. The van der Waals surface area contributed by atoms with Gasteiger partial charge in [-0.15, -0.1) is 0 Å². The Morgan fingerprint density at radius 3 is 1.12 bits per heavy atom. The standard InChI is InChI=1S/C30H28F4/c1-3-5-21-7-11-23(12-8-21)24-15-17-26(18-16-24)28-20-19-27(29(31,32)30(28,33)34)25-13-9-22(6-4-2)10-14-25/h7-20H,3-6H2,1-2H3. The molecule has 176 valence electrons. The molecule has 0 aromatic heterocycles. The van der Waals surface area contributed by atoms with E-state index in [2.05, 4.69) is 6.92 Å². The molecule has 0 unspecified atom stereocenters. The molecule has 0 saturated carbocycles. The molecule has 0 atom stereocenters. The lowest BCUT2D eigenvalue weighted by molar-refractivity contribution is -0.133. The normalized spacial score (nSPS) is 16.6. The van der Waals surface area contributed by atoms with Gasteiger partial charge in [0.2, 0.25) is 0 Å². The molecule has 0 heterocycles. The Hall–Kier alpha value is -3.14. The maximum Gasteiger partial charge on any atom is 0.340 e. The van der Waals surface area contributed by atoms with E-state index in [-0.39, 0.29) is 11.1 Å². The van der Waals surface area contributed by atoms with Crippen LogP contribution in [0.3, 0.4) is 0 Å². The molecule has 0 nitrogen and oxygen atoms in total. The Bertz CT molecular complexity index is 1180. The zero-order chi connectivity index (χ0) is 24.3. The number of benzene rings is 3. The smallest absolute Gasteiger partial charge is 0.194 e. The van der Waals surface area contributed by atoms with Gasteiger partial charge in [-0.25, -0.2) is 0 Å². The van der Waals surface area contributed by atoms with Crippen molar-refractivity contribution < 1.29 is 17.6 Å². The summed E-state index contributed by atoms with van der Waals surface area (Å²) in [6.07, 6.45) is 6.04. The van der Waals surface area contributed by atoms with Gasteiger partial charge < -0.3 is 0 Å². The van der Waals surface area contributed by atoms with E-state index in [1.54, 1.807) is 24.3 Å². The fraction of sp³-hybridized carbons (Fsp3) is 0.267.